The Balaban J connectivity index is 1.65. The minimum atomic E-state index is -0.328. The third-order valence-corrected chi connectivity index (χ3v) is 4.43. The van der Waals surface area contributed by atoms with Gasteiger partial charge in [0.15, 0.2) is 0 Å². The minimum absolute atomic E-state index is 0.174. The number of hydrogen-bond acceptors (Lipinski definition) is 3. The summed E-state index contributed by atoms with van der Waals surface area (Å²) >= 11 is 0. The molecule has 0 amide bonds. The van der Waals surface area contributed by atoms with Gasteiger partial charge in [0, 0.05) is 12.2 Å². The molecule has 4 heteroatoms. The highest BCUT2D eigenvalue weighted by Gasteiger charge is 2.22. The van der Waals surface area contributed by atoms with Crippen LogP contribution in [0.5, 0.6) is 0 Å². The molecule has 0 unspecified atom stereocenters. The summed E-state index contributed by atoms with van der Waals surface area (Å²) in [6.07, 6.45) is 5.95. The van der Waals surface area contributed by atoms with Gasteiger partial charge in [0.05, 0.1) is 5.69 Å². The summed E-state index contributed by atoms with van der Waals surface area (Å²) in [7, 11) is 0. The number of hydrogen-bond donors (Lipinski definition) is 2. The highest BCUT2D eigenvalue weighted by Crippen LogP contribution is 2.33. The molecule has 0 radical (unpaired) electrons. The molecule has 0 saturated heterocycles. The number of H-pyrrole nitrogens is 1. The van der Waals surface area contributed by atoms with Gasteiger partial charge in [-0.05, 0) is 43.2 Å². The fraction of sp³-hybridized carbons (Fsp3) is 0.333. The van der Waals surface area contributed by atoms with Crippen LogP contribution < -0.4 is 10.9 Å². The molecule has 1 fully saturated rings. The van der Waals surface area contributed by atoms with Crippen LogP contribution in [-0.4, -0.2) is 11.0 Å². The Morgan fingerprint density at radius 2 is 1.82 bits per heavy atom. The zero-order valence-corrected chi connectivity index (χ0v) is 12.4. The van der Waals surface area contributed by atoms with E-state index in [0.717, 1.165) is 25.7 Å². The first kappa shape index (κ1) is 14.4. The standard InChI is InChI=1S/C18H19N3O/c19-12-16-17(10-11-20-18(16)22)21-15-8-6-14(7-9-15)13-4-2-1-3-5-13/h1-5,10-11,14-15H,6-9H2,(H2,20,21,22)/t14-,15+. The number of pyridine rings is 1. The van der Waals surface area contributed by atoms with Crippen molar-refractivity contribution in [1.29, 1.82) is 5.26 Å². The lowest BCUT2D eigenvalue weighted by atomic mass is 9.81. The fourth-order valence-corrected chi connectivity index (χ4v) is 3.23. The molecule has 4 nitrogen and oxygen atoms in total. The smallest absolute Gasteiger partial charge is 0.267 e. The third-order valence-electron chi connectivity index (χ3n) is 4.43. The maximum absolute atomic E-state index is 11.6. The van der Waals surface area contributed by atoms with Crippen molar-refractivity contribution in [3.8, 4) is 6.07 Å². The van der Waals surface area contributed by atoms with Crippen molar-refractivity contribution in [2.45, 2.75) is 37.6 Å². The summed E-state index contributed by atoms with van der Waals surface area (Å²) in [6.45, 7) is 0. The van der Waals surface area contributed by atoms with E-state index < -0.39 is 0 Å². The second kappa shape index (κ2) is 6.48. The van der Waals surface area contributed by atoms with E-state index in [0.29, 0.717) is 17.6 Å². The lowest BCUT2D eigenvalue weighted by molar-refractivity contribution is 0.412. The molecule has 22 heavy (non-hydrogen) atoms. The zero-order chi connectivity index (χ0) is 15.4. The molecule has 2 aromatic rings. The number of nitrogens with zero attached hydrogens (tertiary/aromatic N) is 1. The van der Waals surface area contributed by atoms with Crippen molar-refractivity contribution in [3.63, 3.8) is 0 Å². The van der Waals surface area contributed by atoms with Crippen molar-refractivity contribution in [2.75, 3.05) is 5.32 Å². The normalized spacial score (nSPS) is 21.0. The minimum Gasteiger partial charge on any atom is -0.381 e. The van der Waals surface area contributed by atoms with Crippen molar-refractivity contribution < 1.29 is 0 Å². The Morgan fingerprint density at radius 3 is 2.50 bits per heavy atom. The van der Waals surface area contributed by atoms with Gasteiger partial charge in [0.2, 0.25) is 0 Å². The lowest BCUT2D eigenvalue weighted by Crippen LogP contribution is -2.27. The summed E-state index contributed by atoms with van der Waals surface area (Å²) in [4.78, 5) is 14.2. The van der Waals surface area contributed by atoms with Crippen LogP contribution in [0.25, 0.3) is 0 Å². The molecule has 1 aromatic carbocycles. The molecule has 112 valence electrons. The van der Waals surface area contributed by atoms with Gasteiger partial charge in [-0.1, -0.05) is 30.3 Å². The molecule has 1 heterocycles. The van der Waals surface area contributed by atoms with E-state index in [4.69, 9.17) is 5.26 Å². The number of anilines is 1. The Bertz CT molecular complexity index is 722. The molecule has 3 rings (SSSR count). The van der Waals surface area contributed by atoms with Crippen LogP contribution in [0.2, 0.25) is 0 Å². The van der Waals surface area contributed by atoms with Crippen LogP contribution in [0.1, 0.15) is 42.7 Å². The number of aromatic nitrogens is 1. The molecular weight excluding hydrogens is 274 g/mol. The quantitative estimate of drug-likeness (QED) is 0.911. The molecule has 2 N–H and O–H groups in total. The van der Waals surface area contributed by atoms with Crippen molar-refractivity contribution in [2.24, 2.45) is 0 Å². The highest BCUT2D eigenvalue weighted by atomic mass is 16.1. The van der Waals surface area contributed by atoms with Crippen LogP contribution in [0.3, 0.4) is 0 Å². The summed E-state index contributed by atoms with van der Waals surface area (Å²) < 4.78 is 0. The second-order valence-corrected chi connectivity index (χ2v) is 5.81. The largest absolute Gasteiger partial charge is 0.381 e. The predicted octanol–water partition coefficient (Wildman–Crippen LogP) is 3.38. The molecular formula is C18H19N3O. The van der Waals surface area contributed by atoms with E-state index in [1.807, 2.05) is 12.1 Å². The van der Waals surface area contributed by atoms with Gasteiger partial charge in [-0.15, -0.1) is 0 Å². The second-order valence-electron chi connectivity index (χ2n) is 5.81. The number of benzene rings is 1. The molecule has 1 aromatic heterocycles. The van der Waals surface area contributed by atoms with Gasteiger partial charge >= 0.3 is 0 Å². The molecule has 1 aliphatic carbocycles. The molecule has 0 atom stereocenters. The maximum Gasteiger partial charge on any atom is 0.267 e. The van der Waals surface area contributed by atoms with Crippen molar-refractivity contribution in [1.82, 2.24) is 4.98 Å². The van der Waals surface area contributed by atoms with Crippen molar-refractivity contribution in [3.05, 3.63) is 64.1 Å². The van der Waals surface area contributed by atoms with Crippen LogP contribution in [0.4, 0.5) is 5.69 Å². The Morgan fingerprint density at radius 1 is 1.09 bits per heavy atom. The maximum atomic E-state index is 11.6. The van der Waals surface area contributed by atoms with Gasteiger partial charge in [-0.25, -0.2) is 0 Å². The lowest BCUT2D eigenvalue weighted by Gasteiger charge is -2.30. The number of aromatic amines is 1. The summed E-state index contributed by atoms with van der Waals surface area (Å²) in [6, 6.07) is 14.7. The Hall–Kier alpha value is -2.54. The monoisotopic (exact) mass is 293 g/mol. The molecule has 0 bridgehead atoms. The summed E-state index contributed by atoms with van der Waals surface area (Å²) in [5.41, 5.74) is 1.90. The molecule has 0 aliphatic heterocycles. The van der Waals surface area contributed by atoms with E-state index in [1.165, 1.54) is 5.56 Å². The average molecular weight is 293 g/mol. The van der Waals surface area contributed by atoms with Gasteiger partial charge in [-0.2, -0.15) is 5.26 Å². The van der Waals surface area contributed by atoms with Gasteiger partial charge in [0.1, 0.15) is 11.6 Å². The highest BCUT2D eigenvalue weighted by molar-refractivity contribution is 5.56. The molecule has 1 saturated carbocycles. The number of rotatable bonds is 3. The summed E-state index contributed by atoms with van der Waals surface area (Å²) in [5, 5.41) is 12.5. The van der Waals surface area contributed by atoms with Crippen LogP contribution >= 0.6 is 0 Å². The molecule has 0 spiro atoms. The van der Waals surface area contributed by atoms with E-state index in [-0.39, 0.29) is 11.1 Å². The van der Waals surface area contributed by atoms with E-state index >= 15 is 0 Å². The first-order valence-electron chi connectivity index (χ1n) is 7.71. The third kappa shape index (κ3) is 3.04. The topological polar surface area (TPSA) is 68.7 Å². The average Bonchev–Trinajstić information content (AvgIpc) is 2.57. The van der Waals surface area contributed by atoms with Gasteiger partial charge in [0.25, 0.3) is 5.56 Å². The van der Waals surface area contributed by atoms with Crippen LogP contribution in [0.15, 0.2) is 47.4 Å². The molecule has 1 aliphatic rings. The SMILES string of the molecule is N#Cc1c(N[C@H]2CC[C@@H](c3ccccc3)CC2)cc[nH]c1=O. The van der Waals surface area contributed by atoms with E-state index in [2.05, 4.69) is 34.6 Å². The zero-order valence-electron chi connectivity index (χ0n) is 12.4. The van der Waals surface area contributed by atoms with Gasteiger partial charge < -0.3 is 10.3 Å². The fourth-order valence-electron chi connectivity index (χ4n) is 3.23. The number of nitriles is 1. The number of nitrogens with one attached hydrogen (secondary N) is 2. The van der Waals surface area contributed by atoms with Crippen LogP contribution in [0, 0.1) is 11.3 Å². The first-order chi connectivity index (χ1) is 10.8. The van der Waals surface area contributed by atoms with Gasteiger partial charge in [-0.3, -0.25) is 4.79 Å². The Kier molecular flexibility index (Phi) is 4.24. The van der Waals surface area contributed by atoms with Crippen molar-refractivity contribution >= 4 is 5.69 Å². The van der Waals surface area contributed by atoms with E-state index in [1.54, 1.807) is 12.3 Å². The Labute approximate surface area is 129 Å². The summed E-state index contributed by atoms with van der Waals surface area (Å²) in [5.74, 6) is 0.619. The predicted molar refractivity (Wildman–Crippen MR) is 86.8 cm³/mol. The van der Waals surface area contributed by atoms with E-state index in [9.17, 15) is 4.79 Å². The van der Waals surface area contributed by atoms with Crippen LogP contribution in [-0.2, 0) is 0 Å². The first-order valence-corrected chi connectivity index (χ1v) is 7.71.